The number of benzene rings is 1. The number of halogens is 1. The third kappa shape index (κ3) is 3.71. The van der Waals surface area contributed by atoms with Gasteiger partial charge in [-0.15, -0.1) is 0 Å². The van der Waals surface area contributed by atoms with Gasteiger partial charge >= 0.3 is 5.97 Å². The van der Waals surface area contributed by atoms with Gasteiger partial charge in [0.05, 0.1) is 12.1 Å². The van der Waals surface area contributed by atoms with Gasteiger partial charge < -0.3 is 4.74 Å². The summed E-state index contributed by atoms with van der Waals surface area (Å²) >= 11 is 5.89. The van der Waals surface area contributed by atoms with Crippen molar-refractivity contribution in [3.63, 3.8) is 0 Å². The highest BCUT2D eigenvalue weighted by Gasteiger charge is 2.38. The van der Waals surface area contributed by atoms with Gasteiger partial charge in [0.15, 0.2) is 0 Å². The molecule has 0 spiro atoms. The summed E-state index contributed by atoms with van der Waals surface area (Å²) in [6.45, 7) is 3.35. The minimum absolute atomic E-state index is 0.0621. The Kier molecular flexibility index (Phi) is 5.56. The first-order valence-corrected chi connectivity index (χ1v) is 8.00. The molecular weight excluding hydrogens is 302 g/mol. The molecular formula is C13H18ClNO4S. The summed E-state index contributed by atoms with van der Waals surface area (Å²) in [5, 5.41) is 0.101. The second-order valence-electron chi connectivity index (χ2n) is 4.61. The molecule has 0 heterocycles. The number of sulfonamides is 1. The summed E-state index contributed by atoms with van der Waals surface area (Å²) in [5.41, 5.74) is -1.32. The van der Waals surface area contributed by atoms with E-state index in [1.165, 1.54) is 26.2 Å². The van der Waals surface area contributed by atoms with E-state index in [-0.39, 0.29) is 9.92 Å². The lowest BCUT2D eigenvalue weighted by molar-refractivity contribution is -0.147. The van der Waals surface area contributed by atoms with Crippen molar-refractivity contribution < 1.29 is 17.9 Å². The zero-order chi connectivity index (χ0) is 15.4. The molecule has 0 aliphatic rings. The number of rotatable bonds is 6. The Morgan fingerprint density at radius 2 is 2.00 bits per heavy atom. The summed E-state index contributed by atoms with van der Waals surface area (Å²) in [6, 6.07) is 6.06. The van der Waals surface area contributed by atoms with Crippen molar-refractivity contribution in [1.82, 2.24) is 4.72 Å². The van der Waals surface area contributed by atoms with Crippen molar-refractivity contribution >= 4 is 27.6 Å². The minimum atomic E-state index is -3.91. The van der Waals surface area contributed by atoms with E-state index in [1.807, 2.05) is 6.92 Å². The summed E-state index contributed by atoms with van der Waals surface area (Å²) in [7, 11) is -2.69. The topological polar surface area (TPSA) is 72.5 Å². The zero-order valence-electron chi connectivity index (χ0n) is 11.6. The number of ether oxygens (including phenoxy) is 1. The summed E-state index contributed by atoms with van der Waals surface area (Å²) in [6.07, 6.45) is 0.944. The standard InChI is InChI=1S/C13H18ClNO4S/c1-4-9-13(2,12(16)19-3)15-20(17,18)11-8-6-5-7-10(11)14/h5-8,15H,4,9H2,1-3H3. The quantitative estimate of drug-likeness (QED) is 0.817. The van der Waals surface area contributed by atoms with Gasteiger partial charge in [-0.25, -0.2) is 8.42 Å². The maximum Gasteiger partial charge on any atom is 0.326 e. The van der Waals surface area contributed by atoms with Gasteiger partial charge in [0.1, 0.15) is 10.4 Å². The van der Waals surface area contributed by atoms with Gasteiger partial charge in [0.25, 0.3) is 0 Å². The predicted octanol–water partition coefficient (Wildman–Crippen LogP) is 2.35. The number of carbonyl (C=O) groups excluding carboxylic acids is 1. The van der Waals surface area contributed by atoms with Gasteiger partial charge in [-0.3, -0.25) is 4.79 Å². The molecule has 0 radical (unpaired) electrons. The van der Waals surface area contributed by atoms with Crippen LogP contribution < -0.4 is 4.72 Å². The molecule has 1 unspecified atom stereocenters. The molecule has 7 heteroatoms. The van der Waals surface area contributed by atoms with E-state index in [1.54, 1.807) is 12.1 Å². The Hall–Kier alpha value is -1.11. The van der Waals surface area contributed by atoms with Crippen LogP contribution in [-0.2, 0) is 19.6 Å². The Balaban J connectivity index is 3.17. The van der Waals surface area contributed by atoms with Crippen LogP contribution in [-0.4, -0.2) is 27.0 Å². The van der Waals surface area contributed by atoms with E-state index in [2.05, 4.69) is 9.46 Å². The summed E-state index contributed by atoms with van der Waals surface area (Å²) in [4.78, 5) is 11.8. The normalized spacial score (nSPS) is 14.6. The van der Waals surface area contributed by atoms with Crippen molar-refractivity contribution in [2.75, 3.05) is 7.11 Å². The second-order valence-corrected chi connectivity index (χ2v) is 6.67. The first-order valence-electron chi connectivity index (χ1n) is 6.14. The largest absolute Gasteiger partial charge is 0.468 e. The molecule has 0 aromatic heterocycles. The molecule has 0 saturated carbocycles. The van der Waals surface area contributed by atoms with Crippen molar-refractivity contribution in [3.8, 4) is 0 Å². The molecule has 112 valence electrons. The van der Waals surface area contributed by atoms with Gasteiger partial charge in [0.2, 0.25) is 10.0 Å². The van der Waals surface area contributed by atoms with E-state index in [4.69, 9.17) is 11.6 Å². The van der Waals surface area contributed by atoms with E-state index in [0.29, 0.717) is 12.8 Å². The van der Waals surface area contributed by atoms with Crippen LogP contribution in [0.4, 0.5) is 0 Å². The smallest absolute Gasteiger partial charge is 0.326 e. The lowest BCUT2D eigenvalue weighted by Crippen LogP contribution is -2.52. The average molecular weight is 320 g/mol. The summed E-state index contributed by atoms with van der Waals surface area (Å²) < 4.78 is 31.8. The number of nitrogens with one attached hydrogen (secondary N) is 1. The Labute approximate surface area is 124 Å². The number of esters is 1. The fourth-order valence-electron chi connectivity index (χ4n) is 1.93. The highest BCUT2D eigenvalue weighted by Crippen LogP contribution is 2.24. The fraction of sp³-hybridized carbons (Fsp3) is 0.462. The molecule has 20 heavy (non-hydrogen) atoms. The Bertz CT molecular complexity index is 588. The highest BCUT2D eigenvalue weighted by atomic mass is 35.5. The van der Waals surface area contributed by atoms with Crippen LogP contribution >= 0.6 is 11.6 Å². The molecule has 1 aromatic rings. The molecule has 0 aliphatic carbocycles. The van der Waals surface area contributed by atoms with Crippen LogP contribution in [0.5, 0.6) is 0 Å². The Morgan fingerprint density at radius 1 is 1.40 bits per heavy atom. The molecule has 1 atom stereocenters. The lowest BCUT2D eigenvalue weighted by atomic mass is 9.98. The lowest BCUT2D eigenvalue weighted by Gasteiger charge is -2.27. The third-order valence-electron chi connectivity index (χ3n) is 2.87. The SMILES string of the molecule is CCCC(C)(NS(=O)(=O)c1ccccc1Cl)C(=O)OC. The highest BCUT2D eigenvalue weighted by molar-refractivity contribution is 7.89. The van der Waals surface area contributed by atoms with Crippen molar-refractivity contribution in [3.05, 3.63) is 29.3 Å². The van der Waals surface area contributed by atoms with Crippen molar-refractivity contribution in [2.24, 2.45) is 0 Å². The van der Waals surface area contributed by atoms with Crippen molar-refractivity contribution in [2.45, 2.75) is 37.1 Å². The number of hydrogen-bond acceptors (Lipinski definition) is 4. The van der Waals surface area contributed by atoms with Gasteiger partial charge in [0, 0.05) is 0 Å². The van der Waals surface area contributed by atoms with Crippen LogP contribution in [0.25, 0.3) is 0 Å². The molecule has 0 amide bonds. The number of hydrogen-bond donors (Lipinski definition) is 1. The van der Waals surface area contributed by atoms with E-state index < -0.39 is 21.5 Å². The van der Waals surface area contributed by atoms with Crippen LogP contribution in [0.15, 0.2) is 29.2 Å². The third-order valence-corrected chi connectivity index (χ3v) is 4.97. The summed E-state index contributed by atoms with van der Waals surface area (Å²) in [5.74, 6) is -0.630. The minimum Gasteiger partial charge on any atom is -0.468 e. The monoisotopic (exact) mass is 319 g/mol. The number of methoxy groups -OCH3 is 1. The molecule has 0 aliphatic heterocycles. The average Bonchev–Trinajstić information content (AvgIpc) is 2.37. The van der Waals surface area contributed by atoms with Crippen LogP contribution in [0.1, 0.15) is 26.7 Å². The molecule has 1 rings (SSSR count). The maximum atomic E-state index is 12.4. The molecule has 5 nitrogen and oxygen atoms in total. The fourth-order valence-corrected chi connectivity index (χ4v) is 3.85. The maximum absolute atomic E-state index is 12.4. The van der Waals surface area contributed by atoms with E-state index in [0.717, 1.165) is 0 Å². The number of carbonyl (C=O) groups is 1. The van der Waals surface area contributed by atoms with Gasteiger partial charge in [-0.05, 0) is 25.5 Å². The molecule has 1 N–H and O–H groups in total. The van der Waals surface area contributed by atoms with E-state index >= 15 is 0 Å². The molecule has 1 aromatic carbocycles. The van der Waals surface area contributed by atoms with Crippen LogP contribution in [0.2, 0.25) is 5.02 Å². The van der Waals surface area contributed by atoms with E-state index in [9.17, 15) is 13.2 Å². The second kappa shape index (κ2) is 6.56. The zero-order valence-corrected chi connectivity index (χ0v) is 13.2. The molecule has 0 fully saturated rings. The predicted molar refractivity (Wildman–Crippen MR) is 77.1 cm³/mol. The van der Waals surface area contributed by atoms with Crippen LogP contribution in [0, 0.1) is 0 Å². The van der Waals surface area contributed by atoms with Crippen molar-refractivity contribution in [1.29, 1.82) is 0 Å². The first-order chi connectivity index (χ1) is 9.27. The van der Waals surface area contributed by atoms with Gasteiger partial charge in [-0.1, -0.05) is 37.1 Å². The Morgan fingerprint density at radius 3 is 2.50 bits per heavy atom. The first kappa shape index (κ1) is 16.9. The molecule has 0 saturated heterocycles. The van der Waals surface area contributed by atoms with Gasteiger partial charge in [-0.2, -0.15) is 4.72 Å². The molecule has 0 bridgehead atoms. The van der Waals surface area contributed by atoms with Crippen LogP contribution in [0.3, 0.4) is 0 Å².